The van der Waals surface area contributed by atoms with Crippen molar-refractivity contribution in [3.8, 4) is 0 Å². The average molecular weight is 316 g/mol. The van der Waals surface area contributed by atoms with Crippen molar-refractivity contribution < 1.29 is 9.90 Å². The number of hydrogen-bond donors (Lipinski definition) is 2. The lowest BCUT2D eigenvalue weighted by Gasteiger charge is -2.17. The zero-order valence-electron chi connectivity index (χ0n) is 9.27. The van der Waals surface area contributed by atoms with Crippen LogP contribution in [0.1, 0.15) is 16.8 Å². The van der Waals surface area contributed by atoms with Gasteiger partial charge in [0.05, 0.1) is 5.56 Å². The van der Waals surface area contributed by atoms with Gasteiger partial charge < -0.3 is 10.0 Å². The van der Waals surface area contributed by atoms with E-state index in [9.17, 15) is 4.79 Å². The third-order valence-electron chi connectivity index (χ3n) is 3.02. The summed E-state index contributed by atoms with van der Waals surface area (Å²) in [4.78, 5) is 14.7. The number of thiol groups is 1. The summed E-state index contributed by atoms with van der Waals surface area (Å²) in [6.45, 7) is 1.50. The molecule has 1 aliphatic heterocycles. The van der Waals surface area contributed by atoms with E-state index in [1.54, 1.807) is 11.0 Å². The van der Waals surface area contributed by atoms with Crippen LogP contribution in [-0.2, 0) is 0 Å². The maximum Gasteiger partial charge on any atom is 0.254 e. The molecule has 1 amide bonds. The normalized spacial score (nSPS) is 19.7. The van der Waals surface area contributed by atoms with Gasteiger partial charge in [-0.15, -0.1) is 12.6 Å². The van der Waals surface area contributed by atoms with Crippen LogP contribution in [0.2, 0.25) is 0 Å². The van der Waals surface area contributed by atoms with Gasteiger partial charge in [-0.3, -0.25) is 4.79 Å². The second kappa shape index (κ2) is 5.42. The molecular formula is C12H14BrNO2S. The van der Waals surface area contributed by atoms with Crippen LogP contribution in [0.5, 0.6) is 0 Å². The first-order valence-corrected chi connectivity index (χ1v) is 6.74. The van der Waals surface area contributed by atoms with Crippen molar-refractivity contribution in [1.82, 2.24) is 4.90 Å². The Balaban J connectivity index is 2.15. The Kier molecular flexibility index (Phi) is 4.12. The highest BCUT2D eigenvalue weighted by atomic mass is 79.9. The lowest BCUT2D eigenvalue weighted by Crippen LogP contribution is -2.29. The molecular weight excluding hydrogens is 302 g/mol. The molecule has 3 nitrogen and oxygen atoms in total. The first kappa shape index (κ1) is 12.9. The van der Waals surface area contributed by atoms with E-state index in [4.69, 9.17) is 5.11 Å². The van der Waals surface area contributed by atoms with Gasteiger partial charge in [-0.1, -0.05) is 15.9 Å². The molecule has 1 unspecified atom stereocenters. The molecule has 1 N–H and O–H groups in total. The highest BCUT2D eigenvalue weighted by molar-refractivity contribution is 9.10. The largest absolute Gasteiger partial charge is 0.396 e. The average Bonchev–Trinajstić information content (AvgIpc) is 2.76. The molecule has 17 heavy (non-hydrogen) atoms. The molecule has 0 radical (unpaired) electrons. The van der Waals surface area contributed by atoms with Crippen molar-refractivity contribution in [2.45, 2.75) is 11.3 Å². The molecule has 1 aromatic carbocycles. The summed E-state index contributed by atoms with van der Waals surface area (Å²) in [5.74, 6) is 0.219. The quantitative estimate of drug-likeness (QED) is 0.821. The fourth-order valence-corrected chi connectivity index (χ4v) is 2.87. The summed E-state index contributed by atoms with van der Waals surface area (Å²) in [5.41, 5.74) is 0.620. The number of likely N-dealkylation sites (tertiary alicyclic amines) is 1. The number of aliphatic hydroxyl groups excluding tert-OH is 1. The summed E-state index contributed by atoms with van der Waals surface area (Å²) >= 11 is 7.66. The van der Waals surface area contributed by atoms with Gasteiger partial charge in [0.2, 0.25) is 0 Å². The number of aliphatic hydroxyl groups is 1. The molecule has 0 spiro atoms. The highest BCUT2D eigenvalue weighted by Gasteiger charge is 2.27. The SMILES string of the molecule is O=C(c1ccc(Br)cc1S)N1CCC(CO)C1. The summed E-state index contributed by atoms with van der Waals surface area (Å²) in [5, 5.41) is 9.07. The molecule has 2 rings (SSSR count). The van der Waals surface area contributed by atoms with E-state index in [1.807, 2.05) is 12.1 Å². The Morgan fingerprint density at radius 3 is 2.94 bits per heavy atom. The molecule has 1 saturated heterocycles. The van der Waals surface area contributed by atoms with Crippen molar-refractivity contribution in [3.63, 3.8) is 0 Å². The van der Waals surface area contributed by atoms with Crippen molar-refractivity contribution in [1.29, 1.82) is 0 Å². The van der Waals surface area contributed by atoms with Gasteiger partial charge in [-0.05, 0) is 24.6 Å². The second-order valence-electron chi connectivity index (χ2n) is 4.25. The highest BCUT2D eigenvalue weighted by Crippen LogP contribution is 2.24. The van der Waals surface area contributed by atoms with Crippen molar-refractivity contribution >= 4 is 34.5 Å². The molecule has 1 atom stereocenters. The predicted octanol–water partition coefficient (Wildman–Crippen LogP) is 2.19. The monoisotopic (exact) mass is 315 g/mol. The van der Waals surface area contributed by atoms with Crippen LogP contribution in [0.25, 0.3) is 0 Å². The summed E-state index contributed by atoms with van der Waals surface area (Å²) in [7, 11) is 0. The number of nitrogens with zero attached hydrogens (tertiary/aromatic N) is 1. The first-order chi connectivity index (χ1) is 8.11. The van der Waals surface area contributed by atoms with Gasteiger partial charge in [-0.2, -0.15) is 0 Å². The molecule has 1 aromatic rings. The van der Waals surface area contributed by atoms with Crippen LogP contribution in [0, 0.1) is 5.92 Å². The zero-order valence-corrected chi connectivity index (χ0v) is 11.7. The molecule has 1 fully saturated rings. The Morgan fingerprint density at radius 1 is 1.59 bits per heavy atom. The number of benzene rings is 1. The maximum absolute atomic E-state index is 12.2. The topological polar surface area (TPSA) is 40.5 Å². The van der Waals surface area contributed by atoms with Crippen molar-refractivity contribution in [2.24, 2.45) is 5.92 Å². The molecule has 0 saturated carbocycles. The molecule has 1 heterocycles. The third kappa shape index (κ3) is 2.84. The fourth-order valence-electron chi connectivity index (χ4n) is 2.02. The van der Waals surface area contributed by atoms with E-state index in [0.717, 1.165) is 10.9 Å². The number of carbonyl (C=O) groups is 1. The lowest BCUT2D eigenvalue weighted by molar-refractivity contribution is 0.0778. The van der Waals surface area contributed by atoms with E-state index < -0.39 is 0 Å². The number of rotatable bonds is 2. The Morgan fingerprint density at radius 2 is 2.35 bits per heavy atom. The lowest BCUT2D eigenvalue weighted by atomic mass is 10.1. The van der Waals surface area contributed by atoms with Gasteiger partial charge in [0.25, 0.3) is 5.91 Å². The fraction of sp³-hybridized carbons (Fsp3) is 0.417. The van der Waals surface area contributed by atoms with Crippen molar-refractivity contribution in [3.05, 3.63) is 28.2 Å². The number of amides is 1. The minimum absolute atomic E-state index is 0.00144. The van der Waals surface area contributed by atoms with Crippen LogP contribution >= 0.6 is 28.6 Å². The number of halogens is 1. The molecule has 92 valence electrons. The molecule has 0 aliphatic carbocycles. The predicted molar refractivity (Wildman–Crippen MR) is 72.5 cm³/mol. The molecule has 5 heteroatoms. The zero-order chi connectivity index (χ0) is 12.4. The van der Waals surface area contributed by atoms with Gasteiger partial charge in [-0.25, -0.2) is 0 Å². The van der Waals surface area contributed by atoms with Crippen LogP contribution in [-0.4, -0.2) is 35.6 Å². The summed E-state index contributed by atoms with van der Waals surface area (Å²) in [6.07, 6.45) is 0.876. The molecule has 0 bridgehead atoms. The van der Waals surface area contributed by atoms with E-state index >= 15 is 0 Å². The maximum atomic E-state index is 12.2. The Labute approximate surface area is 114 Å². The van der Waals surface area contributed by atoms with Gasteiger partial charge >= 0.3 is 0 Å². The van der Waals surface area contributed by atoms with Gasteiger partial charge in [0, 0.05) is 35.0 Å². The Hall–Kier alpha value is -0.520. The number of hydrogen-bond acceptors (Lipinski definition) is 3. The summed E-state index contributed by atoms with van der Waals surface area (Å²) < 4.78 is 0.911. The van der Waals surface area contributed by atoms with E-state index in [2.05, 4.69) is 28.6 Å². The van der Waals surface area contributed by atoms with Gasteiger partial charge in [0.15, 0.2) is 0 Å². The second-order valence-corrected chi connectivity index (χ2v) is 5.65. The van der Waals surface area contributed by atoms with Crippen LogP contribution in [0.15, 0.2) is 27.6 Å². The van der Waals surface area contributed by atoms with E-state index in [1.165, 1.54) is 0 Å². The first-order valence-electron chi connectivity index (χ1n) is 5.50. The van der Waals surface area contributed by atoms with E-state index in [0.29, 0.717) is 23.5 Å². The summed E-state index contributed by atoms with van der Waals surface area (Å²) in [6, 6.07) is 5.43. The molecule has 0 aromatic heterocycles. The minimum atomic E-state index is -0.00144. The molecule has 1 aliphatic rings. The standard InChI is InChI=1S/C12H14BrNO2S/c13-9-1-2-10(11(17)5-9)12(16)14-4-3-8(6-14)7-15/h1-2,5,8,15,17H,3-4,6-7H2. The Bertz CT molecular complexity index is 439. The smallest absolute Gasteiger partial charge is 0.254 e. The third-order valence-corrected chi connectivity index (χ3v) is 3.88. The van der Waals surface area contributed by atoms with Crippen LogP contribution in [0.4, 0.5) is 0 Å². The van der Waals surface area contributed by atoms with Gasteiger partial charge in [0.1, 0.15) is 0 Å². The van der Waals surface area contributed by atoms with E-state index in [-0.39, 0.29) is 18.4 Å². The van der Waals surface area contributed by atoms with Crippen LogP contribution < -0.4 is 0 Å². The van der Waals surface area contributed by atoms with Crippen molar-refractivity contribution in [2.75, 3.05) is 19.7 Å². The van der Waals surface area contributed by atoms with Crippen LogP contribution in [0.3, 0.4) is 0 Å². The number of carbonyl (C=O) groups excluding carboxylic acids is 1. The minimum Gasteiger partial charge on any atom is -0.396 e.